The third kappa shape index (κ3) is 3.37. The lowest BCUT2D eigenvalue weighted by Crippen LogP contribution is -2.35. The van der Waals surface area contributed by atoms with Gasteiger partial charge in [-0.25, -0.2) is 9.97 Å². The summed E-state index contributed by atoms with van der Waals surface area (Å²) in [6.07, 6.45) is 10.5. The second-order valence-corrected chi connectivity index (χ2v) is 7.69. The molecule has 4 nitrogen and oxygen atoms in total. The van der Waals surface area contributed by atoms with E-state index in [0.29, 0.717) is 0 Å². The van der Waals surface area contributed by atoms with E-state index in [1.54, 1.807) is 0 Å². The average Bonchev–Trinajstić information content (AvgIpc) is 3.03. The maximum Gasteiger partial charge on any atom is 0.135 e. The van der Waals surface area contributed by atoms with Crippen molar-refractivity contribution in [1.82, 2.24) is 14.9 Å². The highest BCUT2D eigenvalue weighted by atomic mass is 15.2. The van der Waals surface area contributed by atoms with Gasteiger partial charge < -0.3 is 9.80 Å². The maximum absolute atomic E-state index is 4.85. The lowest BCUT2D eigenvalue weighted by atomic mass is 9.96. The van der Waals surface area contributed by atoms with E-state index in [1.807, 2.05) is 0 Å². The smallest absolute Gasteiger partial charge is 0.135 e. The Hall–Kier alpha value is -1.16. The molecule has 1 atom stereocenters. The first kappa shape index (κ1) is 15.4. The summed E-state index contributed by atoms with van der Waals surface area (Å²) in [6.45, 7) is 8.36. The molecule has 1 aliphatic carbocycles. The van der Waals surface area contributed by atoms with Gasteiger partial charge >= 0.3 is 0 Å². The third-order valence-electron chi connectivity index (χ3n) is 5.82. The summed E-state index contributed by atoms with van der Waals surface area (Å²) in [5.74, 6) is 3.05. The number of hydrogen-bond donors (Lipinski definition) is 0. The van der Waals surface area contributed by atoms with Crippen molar-refractivity contribution in [3.8, 4) is 0 Å². The van der Waals surface area contributed by atoms with Gasteiger partial charge in [-0.05, 0) is 70.9 Å². The van der Waals surface area contributed by atoms with Crippen LogP contribution in [-0.2, 0) is 12.8 Å². The molecule has 0 spiro atoms. The Balaban J connectivity index is 1.46. The lowest BCUT2D eigenvalue weighted by molar-refractivity contribution is 0.201. The molecule has 1 unspecified atom stereocenters. The van der Waals surface area contributed by atoms with Crippen LogP contribution in [0.2, 0.25) is 0 Å². The molecular formula is C19H30N4. The molecule has 2 saturated heterocycles. The van der Waals surface area contributed by atoms with Crippen LogP contribution in [0, 0.1) is 12.8 Å². The van der Waals surface area contributed by atoms with Crippen molar-refractivity contribution >= 4 is 5.82 Å². The Morgan fingerprint density at radius 1 is 0.957 bits per heavy atom. The van der Waals surface area contributed by atoms with Crippen molar-refractivity contribution in [2.45, 2.75) is 58.3 Å². The molecule has 0 amide bonds. The molecule has 126 valence electrons. The number of fused-ring (bicyclic) bond motifs is 1. The van der Waals surface area contributed by atoms with Crippen LogP contribution in [0.4, 0.5) is 5.82 Å². The summed E-state index contributed by atoms with van der Waals surface area (Å²) in [5.41, 5.74) is 2.79. The number of aromatic nitrogens is 2. The van der Waals surface area contributed by atoms with Gasteiger partial charge in [0.25, 0.3) is 0 Å². The predicted molar refractivity (Wildman–Crippen MR) is 94.0 cm³/mol. The van der Waals surface area contributed by atoms with Crippen LogP contribution < -0.4 is 4.90 Å². The second-order valence-electron chi connectivity index (χ2n) is 7.69. The van der Waals surface area contributed by atoms with Gasteiger partial charge in [-0.1, -0.05) is 6.42 Å². The molecule has 1 aromatic rings. The monoisotopic (exact) mass is 314 g/mol. The van der Waals surface area contributed by atoms with Crippen LogP contribution >= 0.6 is 0 Å². The molecule has 0 aromatic carbocycles. The van der Waals surface area contributed by atoms with Crippen molar-refractivity contribution in [2.75, 3.05) is 37.6 Å². The van der Waals surface area contributed by atoms with Crippen molar-refractivity contribution in [3.63, 3.8) is 0 Å². The second kappa shape index (κ2) is 6.76. The zero-order valence-electron chi connectivity index (χ0n) is 14.6. The van der Waals surface area contributed by atoms with Crippen LogP contribution in [0.15, 0.2) is 0 Å². The first-order chi connectivity index (χ1) is 11.3. The summed E-state index contributed by atoms with van der Waals surface area (Å²) in [4.78, 5) is 14.8. The van der Waals surface area contributed by atoms with Crippen LogP contribution in [0.5, 0.6) is 0 Å². The fourth-order valence-electron chi connectivity index (χ4n) is 4.64. The van der Waals surface area contributed by atoms with Gasteiger partial charge in [0.1, 0.15) is 11.6 Å². The van der Waals surface area contributed by atoms with E-state index in [1.165, 1.54) is 94.7 Å². The van der Waals surface area contributed by atoms with Crippen LogP contribution in [-0.4, -0.2) is 47.6 Å². The topological polar surface area (TPSA) is 32.3 Å². The molecule has 4 rings (SSSR count). The fourth-order valence-corrected chi connectivity index (χ4v) is 4.64. The first-order valence-electron chi connectivity index (χ1n) is 9.63. The van der Waals surface area contributed by atoms with Crippen molar-refractivity contribution in [2.24, 2.45) is 5.92 Å². The van der Waals surface area contributed by atoms with E-state index in [2.05, 4.69) is 16.7 Å². The molecule has 1 aromatic heterocycles. The Morgan fingerprint density at radius 3 is 2.65 bits per heavy atom. The van der Waals surface area contributed by atoms with E-state index >= 15 is 0 Å². The summed E-state index contributed by atoms with van der Waals surface area (Å²) in [7, 11) is 0. The van der Waals surface area contributed by atoms with Crippen molar-refractivity contribution in [1.29, 1.82) is 0 Å². The molecule has 0 radical (unpaired) electrons. The summed E-state index contributed by atoms with van der Waals surface area (Å²) < 4.78 is 0. The highest BCUT2D eigenvalue weighted by Crippen LogP contribution is 2.31. The number of rotatable bonds is 3. The Morgan fingerprint density at radius 2 is 1.78 bits per heavy atom. The molecule has 3 heterocycles. The molecule has 2 fully saturated rings. The quantitative estimate of drug-likeness (QED) is 0.858. The molecule has 4 heteroatoms. The van der Waals surface area contributed by atoms with E-state index in [0.717, 1.165) is 18.2 Å². The van der Waals surface area contributed by atoms with Crippen molar-refractivity contribution in [3.05, 3.63) is 17.1 Å². The minimum atomic E-state index is 0.822. The van der Waals surface area contributed by atoms with Crippen molar-refractivity contribution < 1.29 is 0 Å². The van der Waals surface area contributed by atoms with E-state index in [-0.39, 0.29) is 0 Å². The Labute approximate surface area is 140 Å². The molecule has 3 aliphatic rings. The average molecular weight is 314 g/mol. The zero-order chi connectivity index (χ0) is 15.6. The summed E-state index contributed by atoms with van der Waals surface area (Å²) >= 11 is 0. The van der Waals surface area contributed by atoms with Gasteiger partial charge in [0.15, 0.2) is 0 Å². The standard InChI is InChI=1S/C19H30N4/c1-15-20-18-8-4-3-7-17(18)19(21-15)23-12-9-16(14-23)13-22-10-5-2-6-11-22/h16H,2-14H2,1H3. The van der Waals surface area contributed by atoms with Crippen LogP contribution in [0.3, 0.4) is 0 Å². The molecule has 0 bridgehead atoms. The van der Waals surface area contributed by atoms with E-state index in [9.17, 15) is 0 Å². The van der Waals surface area contributed by atoms with Crippen LogP contribution in [0.25, 0.3) is 0 Å². The van der Waals surface area contributed by atoms with Gasteiger partial charge in [0.2, 0.25) is 0 Å². The molecule has 0 N–H and O–H groups in total. The molecular weight excluding hydrogens is 284 g/mol. The van der Waals surface area contributed by atoms with Gasteiger partial charge in [-0.2, -0.15) is 0 Å². The number of nitrogens with zero attached hydrogens (tertiary/aromatic N) is 4. The maximum atomic E-state index is 4.85. The minimum absolute atomic E-state index is 0.822. The Kier molecular flexibility index (Phi) is 4.52. The normalized spacial score (nSPS) is 25.6. The number of hydrogen-bond acceptors (Lipinski definition) is 4. The fraction of sp³-hybridized carbons (Fsp3) is 0.789. The van der Waals surface area contributed by atoms with Gasteiger partial charge in [-0.15, -0.1) is 0 Å². The molecule has 23 heavy (non-hydrogen) atoms. The summed E-state index contributed by atoms with van der Waals surface area (Å²) in [5, 5.41) is 0. The van der Waals surface area contributed by atoms with Gasteiger partial charge in [0.05, 0.1) is 0 Å². The van der Waals surface area contributed by atoms with E-state index < -0.39 is 0 Å². The van der Waals surface area contributed by atoms with Gasteiger partial charge in [-0.3, -0.25) is 0 Å². The number of anilines is 1. The largest absolute Gasteiger partial charge is 0.356 e. The predicted octanol–water partition coefficient (Wildman–Crippen LogP) is 2.98. The first-order valence-corrected chi connectivity index (χ1v) is 9.63. The third-order valence-corrected chi connectivity index (χ3v) is 5.82. The van der Waals surface area contributed by atoms with Gasteiger partial charge in [0, 0.05) is 30.9 Å². The summed E-state index contributed by atoms with van der Waals surface area (Å²) in [6, 6.07) is 0. The Bertz CT molecular complexity index is 551. The lowest BCUT2D eigenvalue weighted by Gasteiger charge is -2.29. The van der Waals surface area contributed by atoms with Crippen LogP contribution in [0.1, 0.15) is 55.6 Å². The minimum Gasteiger partial charge on any atom is -0.356 e. The highest BCUT2D eigenvalue weighted by molar-refractivity contribution is 5.51. The van der Waals surface area contributed by atoms with E-state index in [4.69, 9.17) is 9.97 Å². The molecule has 0 saturated carbocycles. The molecule has 2 aliphatic heterocycles. The number of aryl methyl sites for hydroxylation is 2. The highest BCUT2D eigenvalue weighted by Gasteiger charge is 2.29. The SMILES string of the molecule is Cc1nc2c(c(N3CCC(CN4CCCCC4)C3)n1)CCCC2. The zero-order valence-corrected chi connectivity index (χ0v) is 14.6. The number of piperidine rings is 1. The number of likely N-dealkylation sites (tertiary alicyclic amines) is 1.